The average Bonchev–Trinajstić information content (AvgIpc) is 2.87. The van der Waals surface area contributed by atoms with Crippen molar-refractivity contribution >= 4 is 5.97 Å². The quantitative estimate of drug-likeness (QED) is 0.803. The summed E-state index contributed by atoms with van der Waals surface area (Å²) in [4.78, 5) is 10.9. The van der Waals surface area contributed by atoms with Gasteiger partial charge in [0.25, 0.3) is 0 Å². The van der Waals surface area contributed by atoms with E-state index in [-0.39, 0.29) is 5.92 Å². The molecule has 0 bridgehead atoms. The van der Waals surface area contributed by atoms with E-state index in [1.165, 1.54) is 5.69 Å². The fourth-order valence-electron chi connectivity index (χ4n) is 2.94. The van der Waals surface area contributed by atoms with Crippen molar-refractivity contribution in [1.82, 2.24) is 15.1 Å². The maximum absolute atomic E-state index is 10.9. The fourth-order valence-corrected chi connectivity index (χ4v) is 2.94. The molecule has 1 fully saturated rings. The van der Waals surface area contributed by atoms with Gasteiger partial charge in [-0.25, -0.2) is 0 Å². The minimum absolute atomic E-state index is 0.114. The van der Waals surface area contributed by atoms with Crippen molar-refractivity contribution in [2.75, 3.05) is 6.54 Å². The Morgan fingerprint density at radius 1 is 1.45 bits per heavy atom. The van der Waals surface area contributed by atoms with Crippen LogP contribution in [0.4, 0.5) is 0 Å². The van der Waals surface area contributed by atoms with E-state index in [9.17, 15) is 4.79 Å². The summed E-state index contributed by atoms with van der Waals surface area (Å²) in [6, 6.07) is 2.06. The highest BCUT2D eigenvalue weighted by atomic mass is 16.4. The zero-order valence-electron chi connectivity index (χ0n) is 12.2. The van der Waals surface area contributed by atoms with Gasteiger partial charge in [-0.05, 0) is 50.6 Å². The first kappa shape index (κ1) is 15.0. The molecule has 5 nitrogen and oxygen atoms in total. The summed E-state index contributed by atoms with van der Waals surface area (Å²) in [5.41, 5.74) is 1.23. The number of aliphatic carboxylic acids is 1. The van der Waals surface area contributed by atoms with Crippen LogP contribution in [0.2, 0.25) is 0 Å². The number of aryl methyl sites for hydroxylation is 1. The van der Waals surface area contributed by atoms with Crippen LogP contribution in [-0.4, -0.2) is 27.4 Å². The third-order valence-corrected chi connectivity index (χ3v) is 4.18. The van der Waals surface area contributed by atoms with Crippen LogP contribution >= 0.6 is 0 Å². The Morgan fingerprint density at radius 3 is 2.85 bits per heavy atom. The lowest BCUT2D eigenvalue weighted by Crippen LogP contribution is -2.29. The van der Waals surface area contributed by atoms with E-state index in [0.717, 1.165) is 51.7 Å². The molecular weight excluding hydrogens is 254 g/mol. The highest BCUT2D eigenvalue weighted by Crippen LogP contribution is 2.28. The van der Waals surface area contributed by atoms with Gasteiger partial charge in [-0.15, -0.1) is 0 Å². The molecule has 2 N–H and O–H groups in total. The standard InChI is InChI=1S/C15H25N3O2/c1-2-9-18-14(7-8-17-18)11-16-10-12-3-5-13(6-4-12)15(19)20/h7-8,12-13,16H,2-6,9-11H2,1H3,(H,19,20). The number of nitrogens with zero attached hydrogens (tertiary/aromatic N) is 2. The zero-order chi connectivity index (χ0) is 14.4. The Balaban J connectivity index is 1.69. The molecule has 1 aromatic heterocycles. The molecule has 0 atom stereocenters. The molecular formula is C15H25N3O2. The van der Waals surface area contributed by atoms with Gasteiger partial charge in [0, 0.05) is 19.3 Å². The van der Waals surface area contributed by atoms with Gasteiger partial charge in [-0.1, -0.05) is 6.92 Å². The van der Waals surface area contributed by atoms with Gasteiger partial charge >= 0.3 is 5.97 Å². The Labute approximate surface area is 120 Å². The summed E-state index contributed by atoms with van der Waals surface area (Å²) in [5.74, 6) is -0.120. The van der Waals surface area contributed by atoms with Crippen molar-refractivity contribution in [3.05, 3.63) is 18.0 Å². The summed E-state index contributed by atoms with van der Waals surface area (Å²) in [5, 5.41) is 16.8. The number of nitrogens with one attached hydrogen (secondary N) is 1. The van der Waals surface area contributed by atoms with Gasteiger partial charge < -0.3 is 10.4 Å². The lowest BCUT2D eigenvalue weighted by atomic mass is 9.82. The molecule has 1 saturated carbocycles. The Hall–Kier alpha value is -1.36. The van der Waals surface area contributed by atoms with E-state index in [4.69, 9.17) is 5.11 Å². The summed E-state index contributed by atoms with van der Waals surface area (Å²) < 4.78 is 2.05. The van der Waals surface area contributed by atoms with Crippen LogP contribution in [0.25, 0.3) is 0 Å². The maximum Gasteiger partial charge on any atom is 0.306 e. The van der Waals surface area contributed by atoms with Crippen LogP contribution in [0, 0.1) is 11.8 Å². The number of rotatable bonds is 7. The van der Waals surface area contributed by atoms with Gasteiger partial charge in [-0.2, -0.15) is 5.10 Å². The monoisotopic (exact) mass is 279 g/mol. The molecule has 1 aromatic rings. The molecule has 0 radical (unpaired) electrons. The number of carbonyl (C=O) groups is 1. The number of carboxylic acid groups (broad SMARTS) is 1. The first-order chi connectivity index (χ1) is 9.70. The molecule has 1 aliphatic rings. The minimum Gasteiger partial charge on any atom is -0.481 e. The normalized spacial score (nSPS) is 22.9. The van der Waals surface area contributed by atoms with Crippen LogP contribution in [0.5, 0.6) is 0 Å². The topological polar surface area (TPSA) is 67.2 Å². The van der Waals surface area contributed by atoms with Gasteiger partial charge in [0.2, 0.25) is 0 Å². The predicted molar refractivity (Wildman–Crippen MR) is 77.3 cm³/mol. The SMILES string of the molecule is CCCn1nccc1CNCC1CCC(C(=O)O)CC1. The van der Waals surface area contributed by atoms with Crippen LogP contribution in [0.1, 0.15) is 44.7 Å². The molecule has 0 saturated heterocycles. The molecule has 0 spiro atoms. The zero-order valence-corrected chi connectivity index (χ0v) is 12.2. The second-order valence-electron chi connectivity index (χ2n) is 5.73. The highest BCUT2D eigenvalue weighted by molar-refractivity contribution is 5.69. The number of carboxylic acids is 1. The highest BCUT2D eigenvalue weighted by Gasteiger charge is 2.25. The van der Waals surface area contributed by atoms with E-state index in [1.54, 1.807) is 0 Å². The van der Waals surface area contributed by atoms with Gasteiger partial charge in [0.05, 0.1) is 11.6 Å². The molecule has 0 amide bonds. The Bertz CT molecular complexity index is 423. The molecule has 0 aromatic carbocycles. The molecule has 20 heavy (non-hydrogen) atoms. The molecule has 2 rings (SSSR count). The van der Waals surface area contributed by atoms with Gasteiger partial charge in [0.15, 0.2) is 0 Å². The smallest absolute Gasteiger partial charge is 0.306 e. The molecule has 1 aliphatic carbocycles. The van der Waals surface area contributed by atoms with Crippen molar-refractivity contribution in [2.45, 2.75) is 52.1 Å². The first-order valence-corrected chi connectivity index (χ1v) is 7.65. The lowest BCUT2D eigenvalue weighted by molar-refractivity contribution is -0.143. The van der Waals surface area contributed by atoms with Crippen LogP contribution in [0.15, 0.2) is 12.3 Å². The largest absolute Gasteiger partial charge is 0.481 e. The molecule has 112 valence electrons. The fraction of sp³-hybridized carbons (Fsp3) is 0.733. The summed E-state index contributed by atoms with van der Waals surface area (Å²) in [6.45, 7) is 4.94. The lowest BCUT2D eigenvalue weighted by Gasteiger charge is -2.26. The van der Waals surface area contributed by atoms with Crippen LogP contribution in [0.3, 0.4) is 0 Å². The Morgan fingerprint density at radius 2 is 2.20 bits per heavy atom. The van der Waals surface area contributed by atoms with Crippen LogP contribution in [-0.2, 0) is 17.9 Å². The van der Waals surface area contributed by atoms with Gasteiger partial charge in [-0.3, -0.25) is 9.48 Å². The van der Waals surface area contributed by atoms with E-state index in [0.29, 0.717) is 5.92 Å². The number of hydrogen-bond acceptors (Lipinski definition) is 3. The minimum atomic E-state index is -0.625. The Kier molecular flexibility index (Phi) is 5.59. The van der Waals surface area contributed by atoms with E-state index >= 15 is 0 Å². The van der Waals surface area contributed by atoms with Crippen molar-refractivity contribution in [3.63, 3.8) is 0 Å². The molecule has 0 aliphatic heterocycles. The van der Waals surface area contributed by atoms with Crippen molar-refractivity contribution < 1.29 is 9.90 Å². The maximum atomic E-state index is 10.9. The van der Waals surface area contributed by atoms with Crippen molar-refractivity contribution in [2.24, 2.45) is 11.8 Å². The van der Waals surface area contributed by atoms with Crippen LogP contribution < -0.4 is 5.32 Å². The summed E-state index contributed by atoms with van der Waals surface area (Å²) >= 11 is 0. The first-order valence-electron chi connectivity index (χ1n) is 7.65. The molecule has 1 heterocycles. The third-order valence-electron chi connectivity index (χ3n) is 4.18. The second kappa shape index (κ2) is 7.43. The van der Waals surface area contributed by atoms with Crippen molar-refractivity contribution in [1.29, 1.82) is 0 Å². The van der Waals surface area contributed by atoms with Gasteiger partial charge in [0.1, 0.15) is 0 Å². The molecule has 5 heteroatoms. The predicted octanol–water partition coefficient (Wildman–Crippen LogP) is 2.27. The van der Waals surface area contributed by atoms with E-state index < -0.39 is 5.97 Å². The number of aromatic nitrogens is 2. The van der Waals surface area contributed by atoms with E-state index in [2.05, 4.69) is 23.4 Å². The third kappa shape index (κ3) is 4.07. The summed E-state index contributed by atoms with van der Waals surface area (Å²) in [7, 11) is 0. The second-order valence-corrected chi connectivity index (χ2v) is 5.73. The average molecular weight is 279 g/mol. The van der Waals surface area contributed by atoms with E-state index in [1.807, 2.05) is 10.9 Å². The summed E-state index contributed by atoms with van der Waals surface area (Å²) in [6.07, 6.45) is 6.65. The number of hydrogen-bond donors (Lipinski definition) is 2. The molecule has 0 unspecified atom stereocenters. The van der Waals surface area contributed by atoms with Crippen molar-refractivity contribution in [3.8, 4) is 0 Å².